The summed E-state index contributed by atoms with van der Waals surface area (Å²) < 4.78 is 0. The zero-order valence-corrected chi connectivity index (χ0v) is 15.3. The van der Waals surface area contributed by atoms with E-state index >= 15 is 0 Å². The second-order valence-corrected chi connectivity index (χ2v) is 6.88. The summed E-state index contributed by atoms with van der Waals surface area (Å²) in [7, 11) is 0. The van der Waals surface area contributed by atoms with Crippen LogP contribution < -0.4 is 5.32 Å². The van der Waals surface area contributed by atoms with Gasteiger partial charge in [-0.25, -0.2) is 4.98 Å². The highest BCUT2D eigenvalue weighted by Gasteiger charge is 2.20. The molecule has 0 spiro atoms. The molecule has 0 aliphatic rings. The Bertz CT molecular complexity index is 741. The van der Waals surface area contributed by atoms with Gasteiger partial charge in [-0.2, -0.15) is 0 Å². The van der Waals surface area contributed by atoms with Gasteiger partial charge in [-0.3, -0.25) is 14.7 Å². The lowest BCUT2D eigenvalue weighted by atomic mass is 10.0. The van der Waals surface area contributed by atoms with Crippen LogP contribution in [0.3, 0.4) is 0 Å². The Hall–Kier alpha value is -2.41. The third-order valence-corrected chi connectivity index (χ3v) is 4.32. The molecule has 1 aromatic carbocycles. The third kappa shape index (κ3) is 6.19. The quantitative estimate of drug-likeness (QED) is 0.709. The first kappa shape index (κ1) is 18.9. The van der Waals surface area contributed by atoms with Crippen molar-refractivity contribution in [2.45, 2.75) is 32.0 Å². The normalized spacial score (nSPS) is 12.5. The lowest BCUT2D eigenvalue weighted by Gasteiger charge is -2.19. The Kier molecular flexibility index (Phi) is 6.94. The molecule has 2 aromatic rings. The van der Waals surface area contributed by atoms with Crippen molar-refractivity contribution in [3.8, 4) is 0 Å². The number of nitrogens with zero attached hydrogens (tertiary/aromatic N) is 2. The Morgan fingerprint density at radius 1 is 1.24 bits per heavy atom. The lowest BCUT2D eigenvalue weighted by molar-refractivity contribution is -0.126. The average molecular weight is 358 g/mol. The van der Waals surface area contributed by atoms with E-state index in [-0.39, 0.29) is 23.4 Å². The van der Waals surface area contributed by atoms with Crippen molar-refractivity contribution in [3.63, 3.8) is 0 Å². The minimum atomic E-state index is -0.454. The van der Waals surface area contributed by atoms with Gasteiger partial charge in [0.05, 0.1) is 11.8 Å². The van der Waals surface area contributed by atoms with E-state index in [1.54, 1.807) is 0 Å². The molecule has 6 nitrogen and oxygen atoms in total. The molecule has 0 saturated carbocycles. The number of aromatic amines is 1. The monoisotopic (exact) mass is 358 g/mol. The number of ketones is 1. The number of H-pyrrole nitrogens is 1. The summed E-state index contributed by atoms with van der Waals surface area (Å²) in [5.74, 6) is 0.598. The van der Waals surface area contributed by atoms with Crippen LogP contribution in [0.25, 0.3) is 12.2 Å². The van der Waals surface area contributed by atoms with E-state index in [1.165, 1.54) is 18.7 Å². The van der Waals surface area contributed by atoms with E-state index in [0.29, 0.717) is 11.0 Å². The maximum Gasteiger partial charge on any atom is 0.231 e. The molecule has 1 heterocycles. The number of amides is 1. The fourth-order valence-electron chi connectivity index (χ4n) is 2.22. The first-order valence-corrected chi connectivity index (χ1v) is 9.02. The molecular weight excluding hydrogens is 336 g/mol. The fraction of sp³-hybridized carbons (Fsp3) is 0.333. The molecule has 7 heteroatoms. The largest absolute Gasteiger partial charge is 0.345 e. The number of benzene rings is 1. The minimum absolute atomic E-state index is 0.0421. The van der Waals surface area contributed by atoms with E-state index in [1.807, 2.05) is 56.3 Å². The number of carbonyl (C=O) groups is 2. The third-order valence-electron chi connectivity index (χ3n) is 3.47. The molecule has 1 unspecified atom stereocenters. The summed E-state index contributed by atoms with van der Waals surface area (Å²) in [4.78, 5) is 27.8. The van der Waals surface area contributed by atoms with Gasteiger partial charge < -0.3 is 5.32 Å². The smallest absolute Gasteiger partial charge is 0.231 e. The number of nitrogens with one attached hydrogen (secondary N) is 2. The summed E-state index contributed by atoms with van der Waals surface area (Å²) in [6.07, 6.45) is 3.76. The molecule has 1 amide bonds. The van der Waals surface area contributed by atoms with Gasteiger partial charge in [0.25, 0.3) is 0 Å². The molecule has 2 rings (SSSR count). The molecule has 2 N–H and O–H groups in total. The molecule has 25 heavy (non-hydrogen) atoms. The summed E-state index contributed by atoms with van der Waals surface area (Å²) in [6.45, 7) is 5.29. The maximum absolute atomic E-state index is 12.0. The van der Waals surface area contributed by atoms with Crippen LogP contribution in [0.1, 0.15) is 32.2 Å². The summed E-state index contributed by atoms with van der Waals surface area (Å²) in [5.41, 5.74) is 1.07. The maximum atomic E-state index is 12.0. The number of hydrogen-bond acceptors (Lipinski definition) is 5. The second kappa shape index (κ2) is 9.17. The summed E-state index contributed by atoms with van der Waals surface area (Å²) >= 11 is 1.23. The van der Waals surface area contributed by atoms with Crippen LogP contribution in [-0.4, -0.2) is 38.7 Å². The van der Waals surface area contributed by atoms with Crippen LogP contribution in [0.2, 0.25) is 0 Å². The van der Waals surface area contributed by atoms with Crippen LogP contribution >= 0.6 is 11.8 Å². The van der Waals surface area contributed by atoms with Gasteiger partial charge >= 0.3 is 0 Å². The standard InChI is InChI=1S/C18H22N4O2S/c1-12(2)17(13(3)23)20-16(24)11-25-18-19-15(21-22-18)10-9-14-7-5-4-6-8-14/h4-10,12,17H,11H2,1-3H3,(H,20,24)(H,19,21,22)/b10-9+. The molecule has 0 aliphatic heterocycles. The highest BCUT2D eigenvalue weighted by Crippen LogP contribution is 2.13. The SMILES string of the molecule is CC(=O)C(NC(=O)CSc1n[nH]c(/C=C/c2ccccc2)n1)C(C)C. The van der Waals surface area contributed by atoms with Gasteiger partial charge in [0.2, 0.25) is 11.1 Å². The lowest BCUT2D eigenvalue weighted by Crippen LogP contribution is -2.44. The fourth-order valence-corrected chi connectivity index (χ4v) is 2.84. The van der Waals surface area contributed by atoms with E-state index in [9.17, 15) is 9.59 Å². The van der Waals surface area contributed by atoms with E-state index in [0.717, 1.165) is 5.56 Å². The minimum Gasteiger partial charge on any atom is -0.345 e. The molecule has 0 bridgehead atoms. The number of Topliss-reactive ketones (excluding diaryl/α,β-unsaturated/α-hetero) is 1. The highest BCUT2D eigenvalue weighted by molar-refractivity contribution is 7.99. The Morgan fingerprint density at radius 3 is 2.60 bits per heavy atom. The summed E-state index contributed by atoms with van der Waals surface area (Å²) in [6, 6.07) is 9.42. The van der Waals surface area contributed by atoms with Gasteiger partial charge in [0, 0.05) is 0 Å². The van der Waals surface area contributed by atoms with Crippen LogP contribution in [0.15, 0.2) is 35.5 Å². The number of carbonyl (C=O) groups excluding carboxylic acids is 2. The Labute approximate surface area is 151 Å². The van der Waals surface area contributed by atoms with Crippen molar-refractivity contribution in [2.75, 3.05) is 5.75 Å². The van der Waals surface area contributed by atoms with E-state index in [4.69, 9.17) is 0 Å². The zero-order chi connectivity index (χ0) is 18.2. The van der Waals surface area contributed by atoms with Crippen LogP contribution in [0.4, 0.5) is 0 Å². The van der Waals surface area contributed by atoms with Gasteiger partial charge in [-0.1, -0.05) is 62.0 Å². The van der Waals surface area contributed by atoms with Crippen LogP contribution in [-0.2, 0) is 9.59 Å². The molecule has 0 radical (unpaired) electrons. The van der Waals surface area contributed by atoms with Gasteiger partial charge in [-0.15, -0.1) is 5.10 Å². The van der Waals surface area contributed by atoms with Crippen LogP contribution in [0.5, 0.6) is 0 Å². The molecule has 132 valence electrons. The van der Waals surface area contributed by atoms with Gasteiger partial charge in [-0.05, 0) is 24.5 Å². The highest BCUT2D eigenvalue weighted by atomic mass is 32.2. The topological polar surface area (TPSA) is 87.7 Å². The molecule has 1 aromatic heterocycles. The van der Waals surface area contributed by atoms with Crippen molar-refractivity contribution >= 4 is 35.6 Å². The predicted molar refractivity (Wildman–Crippen MR) is 99.9 cm³/mol. The number of rotatable bonds is 8. The zero-order valence-electron chi connectivity index (χ0n) is 14.5. The average Bonchev–Trinajstić information content (AvgIpc) is 3.04. The summed E-state index contributed by atoms with van der Waals surface area (Å²) in [5, 5.41) is 10.1. The van der Waals surface area contributed by atoms with Crippen molar-refractivity contribution in [3.05, 3.63) is 41.7 Å². The molecular formula is C18H22N4O2S. The van der Waals surface area contributed by atoms with Crippen molar-refractivity contribution in [1.82, 2.24) is 20.5 Å². The van der Waals surface area contributed by atoms with Crippen molar-refractivity contribution in [2.24, 2.45) is 5.92 Å². The van der Waals surface area contributed by atoms with E-state index < -0.39 is 6.04 Å². The van der Waals surface area contributed by atoms with Crippen LogP contribution in [0, 0.1) is 5.92 Å². The van der Waals surface area contributed by atoms with E-state index in [2.05, 4.69) is 20.5 Å². The Balaban J connectivity index is 1.86. The van der Waals surface area contributed by atoms with Crippen molar-refractivity contribution in [1.29, 1.82) is 0 Å². The number of hydrogen-bond donors (Lipinski definition) is 2. The van der Waals surface area contributed by atoms with Crippen molar-refractivity contribution < 1.29 is 9.59 Å². The van der Waals surface area contributed by atoms with Gasteiger partial charge in [0.1, 0.15) is 5.82 Å². The molecule has 0 aliphatic carbocycles. The number of aromatic nitrogens is 3. The first-order chi connectivity index (χ1) is 12.0. The van der Waals surface area contributed by atoms with Gasteiger partial charge in [0.15, 0.2) is 5.78 Å². The number of thioether (sulfide) groups is 1. The molecule has 0 saturated heterocycles. The Morgan fingerprint density at radius 2 is 1.96 bits per heavy atom. The predicted octanol–water partition coefficient (Wildman–Crippen LogP) is 2.80. The first-order valence-electron chi connectivity index (χ1n) is 8.04. The second-order valence-electron chi connectivity index (χ2n) is 5.94. The molecule has 0 fully saturated rings. The molecule has 1 atom stereocenters.